The van der Waals surface area contributed by atoms with Crippen molar-refractivity contribution in [1.82, 2.24) is 4.72 Å². The molecule has 1 unspecified atom stereocenters. The number of nitrogens with one attached hydrogen (secondary N) is 2. The number of hydrogen-bond donors (Lipinski definition) is 2. The predicted molar refractivity (Wildman–Crippen MR) is 54.4 cm³/mol. The lowest BCUT2D eigenvalue weighted by Crippen LogP contribution is -2.19. The lowest BCUT2D eigenvalue weighted by Gasteiger charge is -2.01. The third-order valence-electron chi connectivity index (χ3n) is 2.19. The van der Waals surface area contributed by atoms with Crippen LogP contribution in [0.2, 0.25) is 0 Å². The summed E-state index contributed by atoms with van der Waals surface area (Å²) in [7, 11) is -2.11. The molecular formula is C9H8N2O4S. The third kappa shape index (κ3) is 1.45. The van der Waals surface area contributed by atoms with E-state index in [1.807, 2.05) is 4.72 Å². The maximum Gasteiger partial charge on any atom is 0.337 e. The Morgan fingerprint density at radius 3 is 2.81 bits per heavy atom. The molecule has 0 bridgehead atoms. The lowest BCUT2D eigenvalue weighted by molar-refractivity contribution is 0.0600. The topological polar surface area (TPSA) is 96.3 Å². The standard InChI is InChI=1S/C9H8N2O4S/c1-15-9(13)5-2-3-6-7(4-5)16(10,14)11-8(6)12/h2-4H,1H3,(H2,10,11,12,14). The Hall–Kier alpha value is -1.89. The number of carbonyl (C=O) groups excluding carboxylic acids is 2. The van der Waals surface area contributed by atoms with Gasteiger partial charge in [-0.1, -0.05) is 0 Å². The number of hydrogen-bond acceptors (Lipinski definition) is 5. The molecule has 0 radical (unpaired) electrons. The number of esters is 1. The van der Waals surface area contributed by atoms with Crippen LogP contribution < -0.4 is 4.72 Å². The molecule has 1 heterocycles. The summed E-state index contributed by atoms with van der Waals surface area (Å²) in [6.07, 6.45) is 0. The minimum Gasteiger partial charge on any atom is -0.465 e. The number of rotatable bonds is 1. The molecular weight excluding hydrogens is 232 g/mol. The number of ether oxygens (including phenoxy) is 1. The minimum atomic E-state index is -3.33. The first-order chi connectivity index (χ1) is 7.45. The molecule has 2 rings (SSSR count). The van der Waals surface area contributed by atoms with Gasteiger partial charge in [0.2, 0.25) is 0 Å². The van der Waals surface area contributed by atoms with Crippen molar-refractivity contribution in [2.75, 3.05) is 7.11 Å². The second-order valence-corrected chi connectivity index (χ2v) is 4.95. The van der Waals surface area contributed by atoms with Crippen LogP contribution in [0.1, 0.15) is 20.7 Å². The van der Waals surface area contributed by atoms with Crippen LogP contribution in [0.15, 0.2) is 23.1 Å². The molecule has 1 amide bonds. The summed E-state index contributed by atoms with van der Waals surface area (Å²) in [5.41, 5.74) is 0.324. The number of methoxy groups -OCH3 is 1. The van der Waals surface area contributed by atoms with Gasteiger partial charge in [0.15, 0.2) is 9.92 Å². The number of amides is 1. The Balaban J connectivity index is 2.64. The van der Waals surface area contributed by atoms with Crippen molar-refractivity contribution in [2.45, 2.75) is 4.90 Å². The Morgan fingerprint density at radius 2 is 2.19 bits per heavy atom. The summed E-state index contributed by atoms with van der Waals surface area (Å²) in [6.45, 7) is 0. The van der Waals surface area contributed by atoms with E-state index < -0.39 is 21.8 Å². The molecule has 16 heavy (non-hydrogen) atoms. The van der Waals surface area contributed by atoms with Crippen LogP contribution in [0.25, 0.3) is 0 Å². The molecule has 1 atom stereocenters. The van der Waals surface area contributed by atoms with E-state index in [1.54, 1.807) is 0 Å². The number of carbonyl (C=O) groups is 2. The van der Waals surface area contributed by atoms with E-state index >= 15 is 0 Å². The molecule has 7 heteroatoms. The summed E-state index contributed by atoms with van der Waals surface area (Å²) in [4.78, 5) is 22.6. The van der Waals surface area contributed by atoms with Gasteiger partial charge in [-0.3, -0.25) is 9.52 Å². The van der Waals surface area contributed by atoms with Gasteiger partial charge >= 0.3 is 5.97 Å². The van der Waals surface area contributed by atoms with Gasteiger partial charge in [0.25, 0.3) is 5.91 Å². The van der Waals surface area contributed by atoms with Crippen molar-refractivity contribution in [2.24, 2.45) is 0 Å². The normalized spacial score (nSPS) is 22.4. The monoisotopic (exact) mass is 240 g/mol. The summed E-state index contributed by atoms with van der Waals surface area (Å²) in [5.74, 6) is -1.16. The van der Waals surface area contributed by atoms with Gasteiger partial charge in [0.05, 0.1) is 23.1 Å². The van der Waals surface area contributed by atoms with Crippen LogP contribution in [0, 0.1) is 4.78 Å². The van der Waals surface area contributed by atoms with Gasteiger partial charge in [-0.2, -0.15) is 0 Å². The zero-order valence-corrected chi connectivity index (χ0v) is 9.09. The lowest BCUT2D eigenvalue weighted by atomic mass is 10.1. The van der Waals surface area contributed by atoms with E-state index in [4.69, 9.17) is 4.78 Å². The minimum absolute atomic E-state index is 0.0281. The number of fused-ring (bicyclic) bond motifs is 1. The average Bonchev–Trinajstić information content (AvgIpc) is 2.48. The van der Waals surface area contributed by atoms with Gasteiger partial charge in [-0.15, -0.1) is 0 Å². The Kier molecular flexibility index (Phi) is 2.20. The quantitative estimate of drug-likeness (QED) is 0.700. The van der Waals surface area contributed by atoms with Crippen LogP contribution >= 0.6 is 0 Å². The Bertz CT molecular complexity index is 592. The van der Waals surface area contributed by atoms with Crippen LogP contribution in [-0.2, 0) is 14.7 Å². The summed E-state index contributed by atoms with van der Waals surface area (Å²) in [5, 5.41) is 0. The van der Waals surface area contributed by atoms with Gasteiger partial charge in [-0.05, 0) is 18.2 Å². The van der Waals surface area contributed by atoms with Crippen LogP contribution in [0.3, 0.4) is 0 Å². The van der Waals surface area contributed by atoms with Crippen LogP contribution in [-0.4, -0.2) is 23.2 Å². The van der Waals surface area contributed by atoms with Gasteiger partial charge in [0.1, 0.15) is 0 Å². The van der Waals surface area contributed by atoms with E-state index in [0.717, 1.165) is 0 Å². The highest BCUT2D eigenvalue weighted by atomic mass is 32.2. The molecule has 1 aromatic rings. The van der Waals surface area contributed by atoms with E-state index in [-0.39, 0.29) is 16.0 Å². The van der Waals surface area contributed by atoms with Crippen LogP contribution in [0.4, 0.5) is 0 Å². The van der Waals surface area contributed by atoms with E-state index in [0.29, 0.717) is 0 Å². The van der Waals surface area contributed by atoms with Crippen molar-refractivity contribution in [3.8, 4) is 0 Å². The molecule has 1 aliphatic rings. The Labute approximate surface area is 91.7 Å². The van der Waals surface area contributed by atoms with Crippen molar-refractivity contribution >= 4 is 21.8 Å². The highest BCUT2D eigenvalue weighted by Gasteiger charge is 2.30. The van der Waals surface area contributed by atoms with Crippen molar-refractivity contribution in [3.05, 3.63) is 29.3 Å². The number of benzene rings is 1. The smallest absolute Gasteiger partial charge is 0.337 e. The Morgan fingerprint density at radius 1 is 1.50 bits per heavy atom. The molecule has 0 saturated carbocycles. The highest BCUT2D eigenvalue weighted by molar-refractivity contribution is 7.91. The molecule has 2 N–H and O–H groups in total. The van der Waals surface area contributed by atoms with Gasteiger partial charge in [-0.25, -0.2) is 13.8 Å². The first-order valence-corrected chi connectivity index (χ1v) is 5.85. The van der Waals surface area contributed by atoms with Crippen molar-refractivity contribution in [1.29, 1.82) is 4.78 Å². The first-order valence-electron chi connectivity index (χ1n) is 4.29. The zero-order valence-electron chi connectivity index (χ0n) is 8.27. The molecule has 0 spiro atoms. The van der Waals surface area contributed by atoms with Crippen molar-refractivity contribution < 1.29 is 18.5 Å². The maximum absolute atomic E-state index is 11.7. The third-order valence-corrected chi connectivity index (χ3v) is 3.62. The molecule has 0 aliphatic carbocycles. The fourth-order valence-corrected chi connectivity index (χ4v) is 2.68. The second kappa shape index (κ2) is 3.31. The highest BCUT2D eigenvalue weighted by Crippen LogP contribution is 2.24. The van der Waals surface area contributed by atoms with Crippen molar-refractivity contribution in [3.63, 3.8) is 0 Å². The SMILES string of the molecule is COC(=O)c1ccc2c(c1)S(=N)(=O)NC2=O. The molecule has 0 fully saturated rings. The zero-order chi connectivity index (χ0) is 11.9. The maximum atomic E-state index is 11.7. The second-order valence-electron chi connectivity index (χ2n) is 3.19. The first kappa shape index (κ1) is 10.6. The summed E-state index contributed by atoms with van der Waals surface area (Å²) < 4.78 is 25.6. The molecule has 84 valence electrons. The molecule has 1 aromatic carbocycles. The predicted octanol–water partition coefficient (Wildman–Crippen LogP) is 0.537. The van der Waals surface area contributed by atoms with Crippen LogP contribution in [0.5, 0.6) is 0 Å². The largest absolute Gasteiger partial charge is 0.465 e. The summed E-state index contributed by atoms with van der Waals surface area (Å²) >= 11 is 0. The van der Waals surface area contributed by atoms with E-state index in [9.17, 15) is 13.8 Å². The van der Waals surface area contributed by atoms with E-state index in [2.05, 4.69) is 4.74 Å². The summed E-state index contributed by atoms with van der Waals surface area (Å²) in [6, 6.07) is 4.00. The fourth-order valence-electron chi connectivity index (χ4n) is 1.43. The van der Waals surface area contributed by atoms with Gasteiger partial charge < -0.3 is 4.74 Å². The molecule has 6 nitrogen and oxygen atoms in total. The molecule has 1 aliphatic heterocycles. The molecule has 0 aromatic heterocycles. The van der Waals surface area contributed by atoms with E-state index in [1.165, 1.54) is 25.3 Å². The fraction of sp³-hybridized carbons (Fsp3) is 0.111. The average molecular weight is 240 g/mol. The van der Waals surface area contributed by atoms with Gasteiger partial charge in [0, 0.05) is 0 Å². The molecule has 0 saturated heterocycles.